The Balaban J connectivity index is 1.78. The Hall–Kier alpha value is -2.41. The predicted molar refractivity (Wildman–Crippen MR) is 79.7 cm³/mol. The van der Waals surface area contributed by atoms with Crippen molar-refractivity contribution in [2.45, 2.75) is 5.03 Å². The number of thioether (sulfide) groups is 1. The molecule has 21 heavy (non-hydrogen) atoms. The van der Waals surface area contributed by atoms with Crippen LogP contribution in [0.4, 0.5) is 0 Å². The molecule has 7 heteroatoms. The lowest BCUT2D eigenvalue weighted by molar-refractivity contribution is 0.101. The number of methoxy groups -OCH3 is 1. The average molecular weight is 300 g/mol. The van der Waals surface area contributed by atoms with E-state index in [9.17, 15) is 4.79 Å². The van der Waals surface area contributed by atoms with Crippen molar-refractivity contribution in [2.75, 3.05) is 12.9 Å². The van der Waals surface area contributed by atoms with Crippen molar-refractivity contribution in [3.05, 3.63) is 42.5 Å². The zero-order valence-corrected chi connectivity index (χ0v) is 12.1. The van der Waals surface area contributed by atoms with Gasteiger partial charge < -0.3 is 9.72 Å². The second-order valence-corrected chi connectivity index (χ2v) is 5.16. The van der Waals surface area contributed by atoms with Crippen LogP contribution in [0.2, 0.25) is 0 Å². The Morgan fingerprint density at radius 3 is 3.00 bits per heavy atom. The molecule has 6 nitrogen and oxygen atoms in total. The third-order valence-electron chi connectivity index (χ3n) is 2.94. The van der Waals surface area contributed by atoms with E-state index in [1.807, 2.05) is 12.1 Å². The molecule has 0 unspecified atom stereocenters. The van der Waals surface area contributed by atoms with Crippen molar-refractivity contribution < 1.29 is 9.53 Å². The normalized spacial score (nSPS) is 10.7. The summed E-state index contributed by atoms with van der Waals surface area (Å²) >= 11 is 1.35. The number of ketones is 1. The highest BCUT2D eigenvalue weighted by Gasteiger charge is 2.14. The number of ether oxygens (including phenoxy) is 1. The van der Waals surface area contributed by atoms with E-state index in [2.05, 4.69) is 19.9 Å². The molecule has 3 rings (SSSR count). The molecular formula is C14H12N4O2S. The molecule has 0 aliphatic rings. The summed E-state index contributed by atoms with van der Waals surface area (Å²) in [5.41, 5.74) is 1.91. The van der Waals surface area contributed by atoms with Crippen LogP contribution in [0.3, 0.4) is 0 Å². The largest absolute Gasteiger partial charge is 0.496 e. The molecule has 2 aromatic heterocycles. The Morgan fingerprint density at radius 1 is 1.29 bits per heavy atom. The van der Waals surface area contributed by atoms with Crippen LogP contribution in [0, 0.1) is 0 Å². The van der Waals surface area contributed by atoms with E-state index in [1.165, 1.54) is 18.1 Å². The summed E-state index contributed by atoms with van der Waals surface area (Å²) in [6, 6.07) is 7.18. The molecule has 1 N–H and O–H groups in total. The molecule has 0 radical (unpaired) electrons. The number of carbonyl (C=O) groups excluding carboxylic acids is 1. The highest BCUT2D eigenvalue weighted by molar-refractivity contribution is 8.00. The van der Waals surface area contributed by atoms with Crippen LogP contribution in [-0.4, -0.2) is 38.6 Å². The molecule has 0 saturated carbocycles. The Morgan fingerprint density at radius 2 is 2.14 bits per heavy atom. The number of aromatic amines is 1. The molecule has 0 aliphatic carbocycles. The highest BCUT2D eigenvalue weighted by Crippen LogP contribution is 2.25. The van der Waals surface area contributed by atoms with E-state index in [1.54, 1.807) is 25.6 Å². The van der Waals surface area contributed by atoms with Gasteiger partial charge in [0, 0.05) is 0 Å². The summed E-state index contributed by atoms with van der Waals surface area (Å²) in [6.45, 7) is 0. The first-order chi connectivity index (χ1) is 10.3. The van der Waals surface area contributed by atoms with Crippen LogP contribution in [0.5, 0.6) is 5.75 Å². The van der Waals surface area contributed by atoms with E-state index in [4.69, 9.17) is 4.74 Å². The first-order valence-corrected chi connectivity index (χ1v) is 7.21. The molecule has 0 bridgehead atoms. The van der Waals surface area contributed by atoms with E-state index >= 15 is 0 Å². The van der Waals surface area contributed by atoms with Crippen LogP contribution >= 0.6 is 11.8 Å². The lowest BCUT2D eigenvalue weighted by atomic mass is 10.1. The predicted octanol–water partition coefficient (Wildman–Crippen LogP) is 2.34. The molecule has 3 aromatic rings. The number of benzene rings is 1. The highest BCUT2D eigenvalue weighted by atomic mass is 32.2. The van der Waals surface area contributed by atoms with E-state index in [0.29, 0.717) is 22.0 Å². The minimum absolute atomic E-state index is 0.0104. The van der Waals surface area contributed by atoms with Crippen LogP contribution in [0.25, 0.3) is 11.2 Å². The number of rotatable bonds is 5. The molecule has 0 fully saturated rings. The number of carbonyl (C=O) groups is 1. The zero-order chi connectivity index (χ0) is 14.7. The smallest absolute Gasteiger partial charge is 0.181 e. The van der Waals surface area contributed by atoms with Gasteiger partial charge in [0.15, 0.2) is 11.4 Å². The van der Waals surface area contributed by atoms with Gasteiger partial charge in [-0.3, -0.25) is 4.79 Å². The van der Waals surface area contributed by atoms with Gasteiger partial charge in [0.25, 0.3) is 0 Å². The second kappa shape index (κ2) is 5.92. The zero-order valence-electron chi connectivity index (χ0n) is 11.2. The number of hydrogen-bond acceptors (Lipinski definition) is 6. The maximum absolute atomic E-state index is 12.3. The quantitative estimate of drug-likeness (QED) is 0.442. The summed E-state index contributed by atoms with van der Waals surface area (Å²) in [7, 11) is 1.55. The molecule has 0 aliphatic heterocycles. The minimum Gasteiger partial charge on any atom is -0.496 e. The van der Waals surface area contributed by atoms with Gasteiger partial charge in [-0.15, -0.1) is 0 Å². The Kier molecular flexibility index (Phi) is 3.83. The van der Waals surface area contributed by atoms with Crippen molar-refractivity contribution in [1.29, 1.82) is 0 Å². The number of nitrogens with zero attached hydrogens (tertiary/aromatic N) is 3. The van der Waals surface area contributed by atoms with Crippen molar-refractivity contribution in [3.8, 4) is 5.75 Å². The fourth-order valence-corrected chi connectivity index (χ4v) is 2.78. The van der Waals surface area contributed by atoms with Gasteiger partial charge in [-0.2, -0.15) is 0 Å². The lowest BCUT2D eigenvalue weighted by Gasteiger charge is -2.06. The topological polar surface area (TPSA) is 80.8 Å². The number of para-hydroxylation sites is 1. The number of imidazole rings is 1. The van der Waals surface area contributed by atoms with Gasteiger partial charge in [0.05, 0.1) is 24.8 Å². The van der Waals surface area contributed by atoms with Crippen LogP contribution in [0.1, 0.15) is 10.4 Å². The van der Waals surface area contributed by atoms with Crippen molar-refractivity contribution in [2.24, 2.45) is 0 Å². The first-order valence-electron chi connectivity index (χ1n) is 6.22. The number of fused-ring (bicyclic) bond motifs is 1. The standard InChI is InChI=1S/C14H12N4O2S/c1-20-11-5-3-2-4-9(11)10(19)6-21-14-12-13(16-7-15-12)17-8-18-14/h2-5,7-8H,6H2,1H3,(H,15,16,17,18). The summed E-state index contributed by atoms with van der Waals surface area (Å²) < 4.78 is 5.20. The number of H-pyrrole nitrogens is 1. The molecule has 1 aromatic carbocycles. The minimum atomic E-state index is -0.0104. The Bertz CT molecular complexity index is 787. The number of Topliss-reactive ketones (excluding diaryl/α,β-unsaturated/α-hetero) is 1. The molecule has 2 heterocycles. The summed E-state index contributed by atoms with van der Waals surface area (Å²) in [5, 5.41) is 0.709. The number of aromatic nitrogens is 4. The molecule has 106 valence electrons. The van der Waals surface area contributed by atoms with Crippen LogP contribution in [0.15, 0.2) is 41.9 Å². The molecule has 0 spiro atoms. The van der Waals surface area contributed by atoms with Crippen LogP contribution in [-0.2, 0) is 0 Å². The van der Waals surface area contributed by atoms with Crippen LogP contribution < -0.4 is 4.74 Å². The maximum atomic E-state index is 12.3. The van der Waals surface area contributed by atoms with E-state index in [0.717, 1.165) is 5.52 Å². The SMILES string of the molecule is COc1ccccc1C(=O)CSc1ncnc2nc[nH]c12. The van der Waals surface area contributed by atoms with Gasteiger partial charge in [-0.25, -0.2) is 15.0 Å². The van der Waals surface area contributed by atoms with Crippen molar-refractivity contribution in [3.63, 3.8) is 0 Å². The van der Waals surface area contributed by atoms with Crippen molar-refractivity contribution in [1.82, 2.24) is 19.9 Å². The van der Waals surface area contributed by atoms with E-state index in [-0.39, 0.29) is 11.5 Å². The molecule has 0 atom stereocenters. The van der Waals surface area contributed by atoms with Crippen molar-refractivity contribution >= 4 is 28.7 Å². The fourth-order valence-electron chi connectivity index (χ4n) is 1.94. The van der Waals surface area contributed by atoms with Gasteiger partial charge in [0.2, 0.25) is 0 Å². The lowest BCUT2D eigenvalue weighted by Crippen LogP contribution is -2.05. The summed E-state index contributed by atoms with van der Waals surface area (Å²) in [5.74, 6) is 0.840. The van der Waals surface area contributed by atoms with Gasteiger partial charge in [-0.1, -0.05) is 23.9 Å². The number of nitrogens with one attached hydrogen (secondary N) is 1. The molecule has 0 saturated heterocycles. The van der Waals surface area contributed by atoms with Gasteiger partial charge in [0.1, 0.15) is 22.6 Å². The summed E-state index contributed by atoms with van der Waals surface area (Å²) in [4.78, 5) is 27.6. The first kappa shape index (κ1) is 13.6. The average Bonchev–Trinajstić information content (AvgIpc) is 3.01. The second-order valence-electron chi connectivity index (χ2n) is 4.19. The third-order valence-corrected chi connectivity index (χ3v) is 3.93. The van der Waals surface area contributed by atoms with Gasteiger partial charge >= 0.3 is 0 Å². The molecule has 0 amide bonds. The Labute approximate surface area is 125 Å². The van der Waals surface area contributed by atoms with E-state index < -0.39 is 0 Å². The van der Waals surface area contributed by atoms with Gasteiger partial charge in [-0.05, 0) is 12.1 Å². The fraction of sp³-hybridized carbons (Fsp3) is 0.143. The monoisotopic (exact) mass is 300 g/mol. The maximum Gasteiger partial charge on any atom is 0.181 e. The summed E-state index contributed by atoms with van der Waals surface area (Å²) in [6.07, 6.45) is 3.00. The molecular weight excluding hydrogens is 288 g/mol. The third kappa shape index (κ3) is 2.73. The number of hydrogen-bond donors (Lipinski definition) is 1.